The van der Waals surface area contributed by atoms with Gasteiger partial charge in [0.25, 0.3) is 0 Å². The average Bonchev–Trinajstić information content (AvgIpc) is 2.29. The van der Waals surface area contributed by atoms with Crippen LogP contribution in [0.25, 0.3) is 0 Å². The van der Waals surface area contributed by atoms with Gasteiger partial charge in [-0.2, -0.15) is 0 Å². The number of hydrogen-bond donors (Lipinski definition) is 2. The van der Waals surface area contributed by atoms with Gasteiger partial charge in [-0.3, -0.25) is 4.79 Å². The maximum atomic E-state index is 11.0. The first-order chi connectivity index (χ1) is 7.60. The number of rotatable bonds is 5. The number of carboxylic acids is 1. The van der Waals surface area contributed by atoms with Gasteiger partial charge in [0.05, 0.1) is 5.92 Å². The van der Waals surface area contributed by atoms with Crippen molar-refractivity contribution in [2.45, 2.75) is 26.2 Å². The zero-order valence-electron chi connectivity index (χ0n) is 9.81. The summed E-state index contributed by atoms with van der Waals surface area (Å²) in [6.07, 6.45) is 0.994. The number of benzene rings is 1. The van der Waals surface area contributed by atoms with Crippen LogP contribution in [0.4, 0.5) is 0 Å². The van der Waals surface area contributed by atoms with Crippen molar-refractivity contribution >= 4 is 5.97 Å². The summed E-state index contributed by atoms with van der Waals surface area (Å²) < 4.78 is 0. The van der Waals surface area contributed by atoms with Gasteiger partial charge in [-0.05, 0) is 23.5 Å². The van der Waals surface area contributed by atoms with E-state index in [9.17, 15) is 4.79 Å². The van der Waals surface area contributed by atoms with Crippen LogP contribution in [-0.4, -0.2) is 17.6 Å². The molecular formula is C13H19NO2. The standard InChI is InChI=1S/C13H19NO2/c1-3-10-4-6-11(7-5-10)9(2)12(8-14)13(15)16/h4-7,9,12H,3,8,14H2,1-2H3,(H,15,16). The van der Waals surface area contributed by atoms with E-state index in [4.69, 9.17) is 10.8 Å². The van der Waals surface area contributed by atoms with Gasteiger partial charge in [0.15, 0.2) is 0 Å². The van der Waals surface area contributed by atoms with Crippen molar-refractivity contribution in [3.05, 3.63) is 35.4 Å². The molecule has 0 bridgehead atoms. The van der Waals surface area contributed by atoms with Gasteiger partial charge in [-0.15, -0.1) is 0 Å². The molecule has 0 spiro atoms. The van der Waals surface area contributed by atoms with Crippen LogP contribution in [0, 0.1) is 5.92 Å². The quantitative estimate of drug-likeness (QED) is 0.799. The third-order valence-electron chi connectivity index (χ3n) is 3.09. The fraction of sp³-hybridized carbons (Fsp3) is 0.462. The second kappa shape index (κ2) is 5.66. The first kappa shape index (κ1) is 12.7. The molecule has 2 unspecified atom stereocenters. The second-order valence-corrected chi connectivity index (χ2v) is 4.06. The van der Waals surface area contributed by atoms with Crippen molar-refractivity contribution in [3.63, 3.8) is 0 Å². The van der Waals surface area contributed by atoms with E-state index in [2.05, 4.69) is 6.92 Å². The molecule has 0 fully saturated rings. The van der Waals surface area contributed by atoms with Crippen LogP contribution < -0.4 is 5.73 Å². The van der Waals surface area contributed by atoms with Crippen molar-refractivity contribution in [1.82, 2.24) is 0 Å². The van der Waals surface area contributed by atoms with Crippen molar-refractivity contribution in [1.29, 1.82) is 0 Å². The number of carbonyl (C=O) groups is 1. The van der Waals surface area contributed by atoms with E-state index >= 15 is 0 Å². The number of aryl methyl sites for hydroxylation is 1. The SMILES string of the molecule is CCc1ccc(C(C)C(CN)C(=O)O)cc1. The van der Waals surface area contributed by atoms with Crippen LogP contribution in [0.1, 0.15) is 30.9 Å². The molecule has 88 valence electrons. The van der Waals surface area contributed by atoms with Crippen molar-refractivity contribution in [3.8, 4) is 0 Å². The number of nitrogens with two attached hydrogens (primary N) is 1. The van der Waals surface area contributed by atoms with Crippen LogP contribution in [0.15, 0.2) is 24.3 Å². The Morgan fingerprint density at radius 1 is 1.38 bits per heavy atom. The number of carboxylic acid groups (broad SMARTS) is 1. The largest absolute Gasteiger partial charge is 0.481 e. The van der Waals surface area contributed by atoms with Crippen LogP contribution in [0.5, 0.6) is 0 Å². The van der Waals surface area contributed by atoms with Crippen molar-refractivity contribution in [2.24, 2.45) is 11.7 Å². The van der Waals surface area contributed by atoms with Gasteiger partial charge in [0.1, 0.15) is 0 Å². The van der Waals surface area contributed by atoms with Crippen LogP contribution in [0.3, 0.4) is 0 Å². The van der Waals surface area contributed by atoms with E-state index in [1.807, 2.05) is 31.2 Å². The normalized spacial score (nSPS) is 14.4. The van der Waals surface area contributed by atoms with E-state index in [1.165, 1.54) is 5.56 Å². The molecule has 0 saturated heterocycles. The molecule has 0 aliphatic heterocycles. The van der Waals surface area contributed by atoms with E-state index in [1.54, 1.807) is 0 Å². The number of aliphatic carboxylic acids is 1. The van der Waals surface area contributed by atoms with Crippen LogP contribution in [-0.2, 0) is 11.2 Å². The lowest BCUT2D eigenvalue weighted by Crippen LogP contribution is -2.28. The van der Waals surface area contributed by atoms with Gasteiger partial charge in [-0.25, -0.2) is 0 Å². The Labute approximate surface area is 96.3 Å². The zero-order valence-corrected chi connectivity index (χ0v) is 9.81. The molecule has 0 saturated carbocycles. The maximum absolute atomic E-state index is 11.0. The van der Waals surface area contributed by atoms with Crippen LogP contribution in [0.2, 0.25) is 0 Å². The highest BCUT2D eigenvalue weighted by atomic mass is 16.4. The molecule has 0 aliphatic rings. The molecule has 3 heteroatoms. The molecule has 0 amide bonds. The summed E-state index contributed by atoms with van der Waals surface area (Å²) in [4.78, 5) is 11.0. The Morgan fingerprint density at radius 3 is 2.31 bits per heavy atom. The molecule has 1 rings (SSSR count). The van der Waals surface area contributed by atoms with Crippen LogP contribution >= 0.6 is 0 Å². The lowest BCUT2D eigenvalue weighted by molar-refractivity contribution is -0.142. The molecule has 0 aliphatic carbocycles. The molecule has 16 heavy (non-hydrogen) atoms. The fourth-order valence-corrected chi connectivity index (χ4v) is 1.81. The number of hydrogen-bond acceptors (Lipinski definition) is 2. The predicted octanol–water partition coefficient (Wildman–Crippen LogP) is 2.01. The summed E-state index contributed by atoms with van der Waals surface area (Å²) in [5.41, 5.74) is 7.78. The molecule has 1 aromatic rings. The molecule has 0 aromatic heterocycles. The van der Waals surface area contributed by atoms with E-state index in [0.29, 0.717) is 0 Å². The smallest absolute Gasteiger partial charge is 0.308 e. The minimum atomic E-state index is -0.824. The fourth-order valence-electron chi connectivity index (χ4n) is 1.81. The Bertz CT molecular complexity index is 345. The monoisotopic (exact) mass is 221 g/mol. The molecule has 1 aromatic carbocycles. The summed E-state index contributed by atoms with van der Waals surface area (Å²) in [5, 5.41) is 9.03. The lowest BCUT2D eigenvalue weighted by atomic mass is 9.87. The predicted molar refractivity (Wildman–Crippen MR) is 64.4 cm³/mol. The lowest BCUT2D eigenvalue weighted by Gasteiger charge is -2.19. The van der Waals surface area contributed by atoms with Crippen molar-refractivity contribution in [2.75, 3.05) is 6.54 Å². The Hall–Kier alpha value is -1.35. The molecule has 2 atom stereocenters. The maximum Gasteiger partial charge on any atom is 0.308 e. The van der Waals surface area contributed by atoms with Gasteiger partial charge >= 0.3 is 5.97 Å². The van der Waals surface area contributed by atoms with Gasteiger partial charge in [0, 0.05) is 6.54 Å². The highest BCUT2D eigenvalue weighted by Gasteiger charge is 2.24. The molecule has 0 radical (unpaired) electrons. The zero-order chi connectivity index (χ0) is 12.1. The third kappa shape index (κ3) is 2.83. The minimum absolute atomic E-state index is 0.0478. The third-order valence-corrected chi connectivity index (χ3v) is 3.09. The second-order valence-electron chi connectivity index (χ2n) is 4.06. The summed E-state index contributed by atoms with van der Waals surface area (Å²) >= 11 is 0. The molecular weight excluding hydrogens is 202 g/mol. The topological polar surface area (TPSA) is 63.3 Å². The summed E-state index contributed by atoms with van der Waals surface area (Å²) in [5.74, 6) is -1.38. The van der Waals surface area contributed by atoms with Gasteiger partial charge < -0.3 is 10.8 Å². The molecule has 3 N–H and O–H groups in total. The summed E-state index contributed by atoms with van der Waals surface area (Å²) in [6.45, 7) is 4.18. The highest BCUT2D eigenvalue weighted by Crippen LogP contribution is 2.24. The average molecular weight is 221 g/mol. The summed E-state index contributed by atoms with van der Waals surface area (Å²) in [7, 11) is 0. The van der Waals surface area contributed by atoms with Crippen molar-refractivity contribution < 1.29 is 9.90 Å². The Balaban J connectivity index is 2.86. The minimum Gasteiger partial charge on any atom is -0.481 e. The van der Waals surface area contributed by atoms with Gasteiger partial charge in [0.2, 0.25) is 0 Å². The highest BCUT2D eigenvalue weighted by molar-refractivity contribution is 5.71. The molecule has 0 heterocycles. The summed E-state index contributed by atoms with van der Waals surface area (Å²) in [6, 6.07) is 8.08. The van der Waals surface area contributed by atoms with E-state index in [-0.39, 0.29) is 12.5 Å². The molecule has 3 nitrogen and oxygen atoms in total. The Morgan fingerprint density at radius 2 is 1.94 bits per heavy atom. The van der Waals surface area contributed by atoms with E-state index < -0.39 is 11.9 Å². The Kier molecular flexibility index (Phi) is 4.50. The van der Waals surface area contributed by atoms with E-state index in [0.717, 1.165) is 12.0 Å². The van der Waals surface area contributed by atoms with Gasteiger partial charge in [-0.1, -0.05) is 38.1 Å². The first-order valence-corrected chi connectivity index (χ1v) is 5.61. The first-order valence-electron chi connectivity index (χ1n) is 5.61.